The molecule has 0 radical (unpaired) electrons. The molecule has 1 saturated heterocycles. The van der Waals surface area contributed by atoms with Gasteiger partial charge >= 0.3 is 0 Å². The van der Waals surface area contributed by atoms with E-state index in [0.717, 1.165) is 26.1 Å². The Morgan fingerprint density at radius 3 is 2.86 bits per heavy atom. The van der Waals surface area contributed by atoms with Crippen LogP contribution in [0.3, 0.4) is 0 Å². The Hall–Kier alpha value is -1.31. The van der Waals surface area contributed by atoms with Gasteiger partial charge in [-0.2, -0.15) is 0 Å². The number of nitrogens with one attached hydrogen (secondary N) is 1. The van der Waals surface area contributed by atoms with Crippen molar-refractivity contribution in [1.82, 2.24) is 9.62 Å². The Balaban J connectivity index is 2.05. The van der Waals surface area contributed by atoms with E-state index in [9.17, 15) is 8.42 Å². The van der Waals surface area contributed by atoms with Crippen LogP contribution in [0.15, 0.2) is 23.1 Å². The molecule has 2 rings (SSSR count). The summed E-state index contributed by atoms with van der Waals surface area (Å²) in [4.78, 5) is 2.45. The van der Waals surface area contributed by atoms with E-state index < -0.39 is 10.0 Å². The molecular weight excluding hydrogens is 290 g/mol. The highest BCUT2D eigenvalue weighted by atomic mass is 32.2. The molecule has 3 N–H and O–H groups in total. The summed E-state index contributed by atoms with van der Waals surface area (Å²) >= 11 is 0. The third-order valence-corrected chi connectivity index (χ3v) is 5.32. The van der Waals surface area contributed by atoms with Crippen molar-refractivity contribution in [3.63, 3.8) is 0 Å². The van der Waals surface area contributed by atoms with Crippen LogP contribution >= 0.6 is 0 Å². The predicted molar refractivity (Wildman–Crippen MR) is 82.8 cm³/mol. The van der Waals surface area contributed by atoms with Crippen LogP contribution in [0.1, 0.15) is 13.3 Å². The lowest BCUT2D eigenvalue weighted by atomic mass is 10.1. The Labute approximate surface area is 126 Å². The van der Waals surface area contributed by atoms with E-state index in [0.29, 0.717) is 18.2 Å². The number of methoxy groups -OCH3 is 1. The summed E-state index contributed by atoms with van der Waals surface area (Å²) in [6.07, 6.45) is 1.02. The maximum atomic E-state index is 12.4. The molecule has 0 aliphatic carbocycles. The average molecular weight is 313 g/mol. The fourth-order valence-electron chi connectivity index (χ4n) is 2.58. The lowest BCUT2D eigenvalue weighted by Gasteiger charge is -2.15. The van der Waals surface area contributed by atoms with E-state index in [-0.39, 0.29) is 10.6 Å². The van der Waals surface area contributed by atoms with Gasteiger partial charge in [-0.15, -0.1) is 0 Å². The smallest absolute Gasteiger partial charge is 0.244 e. The zero-order valence-corrected chi connectivity index (χ0v) is 13.3. The first kappa shape index (κ1) is 16.1. The number of nitrogens with zero attached hydrogens (tertiary/aromatic N) is 1. The fourth-order valence-corrected chi connectivity index (χ4v) is 3.84. The summed E-state index contributed by atoms with van der Waals surface area (Å²) in [5, 5.41) is 0. The van der Waals surface area contributed by atoms with Crippen molar-refractivity contribution >= 4 is 15.7 Å². The first-order valence-corrected chi connectivity index (χ1v) is 8.60. The molecular formula is C14H23N3O3S. The molecule has 0 bridgehead atoms. The number of likely N-dealkylation sites (tertiary alicyclic amines) is 1. The zero-order valence-electron chi connectivity index (χ0n) is 12.5. The van der Waals surface area contributed by atoms with Crippen molar-refractivity contribution in [2.75, 3.05) is 39.0 Å². The normalized spacial score (nSPS) is 19.8. The molecule has 0 aromatic heterocycles. The summed E-state index contributed by atoms with van der Waals surface area (Å²) in [6.45, 7) is 5.55. The van der Waals surface area contributed by atoms with Crippen molar-refractivity contribution in [2.45, 2.75) is 18.2 Å². The quantitative estimate of drug-likeness (QED) is 0.762. The number of sulfonamides is 1. The molecule has 1 aliphatic heterocycles. The van der Waals surface area contributed by atoms with E-state index in [1.807, 2.05) is 0 Å². The zero-order chi connectivity index (χ0) is 15.5. The standard InChI is InChI=1S/C14H23N3O3S/c1-3-17-7-6-11(10-17)9-16-21(18,19)14-5-4-12(15)8-13(14)20-2/h4-5,8,11,16H,3,6-7,9-10,15H2,1-2H3. The summed E-state index contributed by atoms with van der Waals surface area (Å²) in [7, 11) is -2.15. The molecule has 7 heteroatoms. The minimum atomic E-state index is -3.58. The summed E-state index contributed by atoms with van der Waals surface area (Å²) in [5.74, 6) is 0.628. The van der Waals surface area contributed by atoms with Gasteiger partial charge in [-0.3, -0.25) is 0 Å². The summed E-state index contributed by atoms with van der Waals surface area (Å²) < 4.78 is 32.6. The lowest BCUT2D eigenvalue weighted by molar-refractivity contribution is 0.342. The Kier molecular flexibility index (Phi) is 5.08. The van der Waals surface area contributed by atoms with Crippen molar-refractivity contribution in [3.05, 3.63) is 18.2 Å². The fraction of sp³-hybridized carbons (Fsp3) is 0.571. The molecule has 1 atom stereocenters. The van der Waals surface area contributed by atoms with Crippen LogP contribution < -0.4 is 15.2 Å². The number of rotatable bonds is 6. The molecule has 1 unspecified atom stereocenters. The lowest BCUT2D eigenvalue weighted by Crippen LogP contribution is -2.31. The molecule has 0 spiro atoms. The van der Waals surface area contributed by atoms with Gasteiger partial charge in [0, 0.05) is 24.8 Å². The van der Waals surface area contributed by atoms with Crippen LogP contribution in [0.5, 0.6) is 5.75 Å². The number of hydrogen-bond acceptors (Lipinski definition) is 5. The van der Waals surface area contributed by atoms with Crippen molar-refractivity contribution < 1.29 is 13.2 Å². The van der Waals surface area contributed by atoms with Gasteiger partial charge in [-0.25, -0.2) is 13.1 Å². The molecule has 1 aromatic carbocycles. The van der Waals surface area contributed by atoms with Crippen LogP contribution in [0, 0.1) is 5.92 Å². The predicted octanol–water partition coefficient (Wildman–Crippen LogP) is 0.898. The van der Waals surface area contributed by atoms with Crippen molar-refractivity contribution in [2.24, 2.45) is 5.92 Å². The number of ether oxygens (including phenoxy) is 1. The molecule has 1 aliphatic rings. The molecule has 0 saturated carbocycles. The van der Waals surface area contributed by atoms with Crippen LogP contribution in [0.4, 0.5) is 5.69 Å². The minimum absolute atomic E-state index is 0.129. The second-order valence-electron chi connectivity index (χ2n) is 5.31. The molecule has 6 nitrogen and oxygen atoms in total. The second-order valence-corrected chi connectivity index (χ2v) is 7.05. The maximum Gasteiger partial charge on any atom is 0.244 e. The topological polar surface area (TPSA) is 84.7 Å². The van der Waals surface area contributed by atoms with Gasteiger partial charge in [-0.05, 0) is 37.6 Å². The number of benzene rings is 1. The molecule has 0 amide bonds. The highest BCUT2D eigenvalue weighted by molar-refractivity contribution is 7.89. The van der Waals surface area contributed by atoms with E-state index >= 15 is 0 Å². The van der Waals surface area contributed by atoms with Crippen LogP contribution in [-0.4, -0.2) is 46.6 Å². The van der Waals surface area contributed by atoms with E-state index in [1.165, 1.54) is 19.2 Å². The second kappa shape index (κ2) is 6.64. The van der Waals surface area contributed by atoms with Crippen LogP contribution in [-0.2, 0) is 10.0 Å². The van der Waals surface area contributed by atoms with E-state index in [4.69, 9.17) is 10.5 Å². The number of nitrogen functional groups attached to an aromatic ring is 1. The van der Waals surface area contributed by atoms with Gasteiger partial charge in [0.15, 0.2) is 0 Å². The average Bonchev–Trinajstić information content (AvgIpc) is 2.93. The van der Waals surface area contributed by atoms with Crippen molar-refractivity contribution in [1.29, 1.82) is 0 Å². The van der Waals surface area contributed by atoms with Crippen LogP contribution in [0.2, 0.25) is 0 Å². The Morgan fingerprint density at radius 2 is 2.24 bits per heavy atom. The first-order chi connectivity index (χ1) is 9.96. The number of nitrogens with two attached hydrogens (primary N) is 1. The highest BCUT2D eigenvalue weighted by Crippen LogP contribution is 2.26. The van der Waals surface area contributed by atoms with Gasteiger partial charge in [-0.1, -0.05) is 6.92 Å². The van der Waals surface area contributed by atoms with Gasteiger partial charge < -0.3 is 15.4 Å². The molecule has 21 heavy (non-hydrogen) atoms. The van der Waals surface area contributed by atoms with E-state index in [1.54, 1.807) is 6.07 Å². The number of hydrogen-bond donors (Lipinski definition) is 2. The van der Waals surface area contributed by atoms with Crippen molar-refractivity contribution in [3.8, 4) is 5.75 Å². The first-order valence-electron chi connectivity index (χ1n) is 7.11. The van der Waals surface area contributed by atoms with Gasteiger partial charge in [0.05, 0.1) is 7.11 Å². The van der Waals surface area contributed by atoms with Gasteiger partial charge in [0.2, 0.25) is 10.0 Å². The molecule has 118 valence electrons. The van der Waals surface area contributed by atoms with E-state index in [2.05, 4.69) is 16.5 Å². The molecule has 1 fully saturated rings. The maximum absolute atomic E-state index is 12.4. The largest absolute Gasteiger partial charge is 0.495 e. The summed E-state index contributed by atoms with van der Waals surface area (Å²) in [6, 6.07) is 4.55. The third kappa shape index (κ3) is 3.87. The van der Waals surface area contributed by atoms with Gasteiger partial charge in [0.25, 0.3) is 0 Å². The molecule has 1 heterocycles. The van der Waals surface area contributed by atoms with Crippen LogP contribution in [0.25, 0.3) is 0 Å². The summed E-state index contributed by atoms with van der Waals surface area (Å²) in [5.41, 5.74) is 6.12. The Bertz CT molecular complexity index is 589. The Morgan fingerprint density at radius 1 is 1.48 bits per heavy atom. The number of anilines is 1. The SMILES string of the molecule is CCN1CCC(CNS(=O)(=O)c2ccc(N)cc2OC)C1. The highest BCUT2D eigenvalue weighted by Gasteiger charge is 2.25. The monoisotopic (exact) mass is 313 g/mol. The third-order valence-electron chi connectivity index (χ3n) is 3.86. The van der Waals surface area contributed by atoms with Gasteiger partial charge in [0.1, 0.15) is 10.6 Å². The molecule has 1 aromatic rings. The minimum Gasteiger partial charge on any atom is -0.495 e.